The predicted molar refractivity (Wildman–Crippen MR) is 140 cm³/mol. The molecule has 1 atom stereocenters. The Morgan fingerprint density at radius 3 is 2.50 bits per heavy atom. The van der Waals surface area contributed by atoms with Crippen molar-refractivity contribution < 1.29 is 19.1 Å². The van der Waals surface area contributed by atoms with Crippen LogP contribution >= 0.6 is 0 Å². The Bertz CT molecular complexity index is 1090. The number of aromatic nitrogens is 2. The number of carbonyl (C=O) groups excluding carboxylic acids is 2. The van der Waals surface area contributed by atoms with Crippen LogP contribution in [0.3, 0.4) is 0 Å². The lowest BCUT2D eigenvalue weighted by Gasteiger charge is -2.28. The number of nitrogens with one attached hydrogen (secondary N) is 3. The number of amides is 2. The topological polar surface area (TPSA) is 118 Å². The van der Waals surface area contributed by atoms with Crippen molar-refractivity contribution >= 4 is 29.5 Å². The van der Waals surface area contributed by atoms with Crippen molar-refractivity contribution in [1.29, 1.82) is 0 Å². The highest BCUT2D eigenvalue weighted by atomic mass is 16.6. The Hall–Kier alpha value is -4.00. The Labute approximate surface area is 213 Å². The largest absolute Gasteiger partial charge is 0.497 e. The molecule has 10 heteroatoms. The first kappa shape index (κ1) is 28.2. The lowest BCUT2D eigenvalue weighted by atomic mass is 10.2. The van der Waals surface area contributed by atoms with Gasteiger partial charge in [0.2, 0.25) is 11.9 Å². The van der Waals surface area contributed by atoms with Crippen LogP contribution in [-0.4, -0.2) is 66.3 Å². The van der Waals surface area contributed by atoms with Gasteiger partial charge >= 0.3 is 6.09 Å². The molecule has 2 rings (SSSR count). The number of anilines is 3. The van der Waals surface area contributed by atoms with Gasteiger partial charge in [0.1, 0.15) is 17.4 Å². The van der Waals surface area contributed by atoms with Crippen molar-refractivity contribution in [1.82, 2.24) is 20.2 Å². The molecule has 1 aromatic carbocycles. The third kappa shape index (κ3) is 8.98. The van der Waals surface area contributed by atoms with E-state index in [1.165, 1.54) is 4.90 Å². The molecule has 36 heavy (non-hydrogen) atoms. The van der Waals surface area contributed by atoms with E-state index < -0.39 is 17.7 Å². The summed E-state index contributed by atoms with van der Waals surface area (Å²) >= 11 is 0. The molecule has 0 radical (unpaired) electrons. The second-order valence-electron chi connectivity index (χ2n) is 9.02. The van der Waals surface area contributed by atoms with E-state index in [9.17, 15) is 9.59 Å². The van der Waals surface area contributed by atoms with Gasteiger partial charge in [0, 0.05) is 32.7 Å². The standard InChI is InChI=1S/C26H36N6O4/c1-18(32(6)25(34)36-26(2,3)4)23(33)28-16-10-8-9-11-19-17-29-24(27-5)31-22(19)30-20-12-14-21(35-7)15-13-20/h12-15,17-18H,8,10,16H2,1-7H3,(H,28,33)(H2,27,29,30,31)/t18-/m0/s1. The SMILES string of the molecule is CNc1ncc(C#CCCCNC(=O)[C@H](C)N(C)C(=O)OC(C)(C)C)c(Nc2ccc(OC)cc2)n1. The van der Waals surface area contributed by atoms with Crippen LogP contribution in [0, 0.1) is 11.8 Å². The number of ether oxygens (including phenoxy) is 2. The zero-order valence-electron chi connectivity index (χ0n) is 22.1. The number of likely N-dealkylation sites (N-methyl/N-ethyl adjacent to an activating group) is 1. The maximum Gasteiger partial charge on any atom is 0.410 e. The molecule has 194 valence electrons. The van der Waals surface area contributed by atoms with E-state index in [0.717, 1.165) is 11.4 Å². The molecule has 10 nitrogen and oxygen atoms in total. The maximum atomic E-state index is 12.4. The first-order valence-corrected chi connectivity index (χ1v) is 11.7. The molecule has 2 aromatic rings. The van der Waals surface area contributed by atoms with Gasteiger partial charge in [-0.25, -0.2) is 9.78 Å². The van der Waals surface area contributed by atoms with Gasteiger partial charge in [-0.2, -0.15) is 4.98 Å². The number of unbranched alkanes of at least 4 members (excludes halogenated alkanes) is 1. The fourth-order valence-corrected chi connectivity index (χ4v) is 2.86. The van der Waals surface area contributed by atoms with Gasteiger partial charge in [0.05, 0.1) is 18.9 Å². The van der Waals surface area contributed by atoms with E-state index in [-0.39, 0.29) is 5.91 Å². The molecule has 0 aliphatic heterocycles. The Morgan fingerprint density at radius 1 is 1.19 bits per heavy atom. The van der Waals surface area contributed by atoms with E-state index >= 15 is 0 Å². The quantitative estimate of drug-likeness (QED) is 0.355. The molecule has 0 bridgehead atoms. The monoisotopic (exact) mass is 496 g/mol. The lowest BCUT2D eigenvalue weighted by Crippen LogP contribution is -2.47. The molecule has 0 saturated carbocycles. The van der Waals surface area contributed by atoms with E-state index in [4.69, 9.17) is 9.47 Å². The van der Waals surface area contributed by atoms with Crippen LogP contribution in [0.1, 0.15) is 46.1 Å². The van der Waals surface area contributed by atoms with Gasteiger partial charge < -0.3 is 25.4 Å². The number of benzene rings is 1. The number of nitrogens with zero attached hydrogens (tertiary/aromatic N) is 3. The number of hydrogen-bond donors (Lipinski definition) is 3. The highest BCUT2D eigenvalue weighted by Crippen LogP contribution is 2.21. The van der Waals surface area contributed by atoms with E-state index in [0.29, 0.717) is 36.7 Å². The minimum atomic E-state index is -0.652. The summed E-state index contributed by atoms with van der Waals surface area (Å²) in [6.07, 6.45) is 2.33. The van der Waals surface area contributed by atoms with E-state index in [1.807, 2.05) is 24.3 Å². The Kier molecular flexibility index (Phi) is 10.3. The van der Waals surface area contributed by atoms with Crippen LogP contribution in [0.5, 0.6) is 5.75 Å². The van der Waals surface area contributed by atoms with Gasteiger partial charge in [-0.15, -0.1) is 0 Å². The number of methoxy groups -OCH3 is 1. The van der Waals surface area contributed by atoms with Crippen molar-refractivity contribution in [3.05, 3.63) is 36.0 Å². The fourth-order valence-electron chi connectivity index (χ4n) is 2.86. The molecule has 0 unspecified atom stereocenters. The summed E-state index contributed by atoms with van der Waals surface area (Å²) in [7, 11) is 4.91. The molecule has 0 aliphatic rings. The molecule has 3 N–H and O–H groups in total. The minimum Gasteiger partial charge on any atom is -0.497 e. The van der Waals surface area contributed by atoms with Crippen molar-refractivity contribution in [3.8, 4) is 17.6 Å². The summed E-state index contributed by atoms with van der Waals surface area (Å²) < 4.78 is 10.5. The zero-order valence-corrected chi connectivity index (χ0v) is 22.1. The third-order valence-corrected chi connectivity index (χ3v) is 5.01. The minimum absolute atomic E-state index is 0.252. The Morgan fingerprint density at radius 2 is 1.89 bits per heavy atom. The molecule has 0 fully saturated rings. The van der Waals surface area contributed by atoms with Crippen LogP contribution in [0.25, 0.3) is 0 Å². The third-order valence-electron chi connectivity index (χ3n) is 5.01. The van der Waals surface area contributed by atoms with E-state index in [2.05, 4.69) is 37.8 Å². The van der Waals surface area contributed by atoms with Crippen LogP contribution in [0.4, 0.5) is 22.2 Å². The van der Waals surface area contributed by atoms with Gasteiger partial charge in [-0.1, -0.05) is 11.8 Å². The molecular formula is C26H36N6O4. The summed E-state index contributed by atoms with van der Waals surface area (Å²) in [5, 5.41) is 9.02. The highest BCUT2D eigenvalue weighted by molar-refractivity contribution is 5.85. The first-order valence-electron chi connectivity index (χ1n) is 11.7. The maximum absolute atomic E-state index is 12.4. The first-order chi connectivity index (χ1) is 17.0. The molecule has 0 aliphatic carbocycles. The smallest absolute Gasteiger partial charge is 0.410 e. The van der Waals surface area contributed by atoms with Crippen molar-refractivity contribution in [2.75, 3.05) is 38.4 Å². The van der Waals surface area contributed by atoms with Crippen LogP contribution in [0.15, 0.2) is 30.5 Å². The predicted octanol–water partition coefficient (Wildman–Crippen LogP) is 3.77. The number of carbonyl (C=O) groups is 2. The van der Waals surface area contributed by atoms with Gasteiger partial charge in [0.25, 0.3) is 0 Å². The van der Waals surface area contributed by atoms with Crippen molar-refractivity contribution in [2.24, 2.45) is 0 Å². The molecule has 1 heterocycles. The summed E-state index contributed by atoms with van der Waals surface area (Å²) in [6, 6.07) is 6.84. The second-order valence-corrected chi connectivity index (χ2v) is 9.02. The van der Waals surface area contributed by atoms with E-state index in [1.54, 1.807) is 55.1 Å². The second kappa shape index (κ2) is 13.2. The van der Waals surface area contributed by atoms with Crippen LogP contribution in [0.2, 0.25) is 0 Å². The average Bonchev–Trinajstić information content (AvgIpc) is 2.85. The summed E-state index contributed by atoms with van der Waals surface area (Å²) in [5.74, 6) is 7.78. The highest BCUT2D eigenvalue weighted by Gasteiger charge is 2.26. The van der Waals surface area contributed by atoms with Crippen molar-refractivity contribution in [2.45, 2.75) is 52.2 Å². The molecular weight excluding hydrogens is 460 g/mol. The molecule has 1 aromatic heterocycles. The molecule has 0 spiro atoms. The lowest BCUT2D eigenvalue weighted by molar-refractivity contribution is -0.125. The summed E-state index contributed by atoms with van der Waals surface area (Å²) in [4.78, 5) is 34.5. The number of rotatable bonds is 9. The summed E-state index contributed by atoms with van der Waals surface area (Å²) in [5.41, 5.74) is 0.872. The number of hydrogen-bond acceptors (Lipinski definition) is 8. The van der Waals surface area contributed by atoms with Crippen LogP contribution < -0.4 is 20.7 Å². The van der Waals surface area contributed by atoms with Gasteiger partial charge in [-0.05, 0) is 58.4 Å². The average molecular weight is 497 g/mol. The zero-order chi connectivity index (χ0) is 26.7. The Balaban J connectivity index is 1.90. The van der Waals surface area contributed by atoms with Crippen LogP contribution in [-0.2, 0) is 9.53 Å². The fraction of sp³-hybridized carbons (Fsp3) is 0.462. The normalized spacial score (nSPS) is 11.4. The van der Waals surface area contributed by atoms with Gasteiger partial charge in [-0.3, -0.25) is 9.69 Å². The van der Waals surface area contributed by atoms with Gasteiger partial charge in [0.15, 0.2) is 5.82 Å². The van der Waals surface area contributed by atoms with Crippen molar-refractivity contribution in [3.63, 3.8) is 0 Å². The molecule has 0 saturated heterocycles. The summed E-state index contributed by atoms with van der Waals surface area (Å²) in [6.45, 7) is 7.44. The molecule has 2 amide bonds.